The lowest BCUT2D eigenvalue weighted by Gasteiger charge is -2.38. The molecule has 1 aromatic rings. The molecule has 5 heteroatoms. The Bertz CT molecular complexity index is 533. The van der Waals surface area contributed by atoms with E-state index in [0.29, 0.717) is 6.04 Å². The lowest BCUT2D eigenvalue weighted by atomic mass is 9.86. The number of carbonyl (C=O) groups is 1. The predicted octanol–water partition coefficient (Wildman–Crippen LogP) is 3.40. The van der Waals surface area contributed by atoms with Gasteiger partial charge in [-0.2, -0.15) is 0 Å². The number of alkyl carbamates (subject to hydrolysis) is 1. The molecule has 23 heavy (non-hydrogen) atoms. The molecule has 0 aromatic heterocycles. The summed E-state index contributed by atoms with van der Waals surface area (Å²) in [7, 11) is 1.68. The van der Waals surface area contributed by atoms with E-state index >= 15 is 0 Å². The van der Waals surface area contributed by atoms with Gasteiger partial charge in [-0.1, -0.05) is 12.1 Å². The maximum atomic E-state index is 11.7. The van der Waals surface area contributed by atoms with E-state index in [1.807, 2.05) is 39.0 Å². The van der Waals surface area contributed by atoms with E-state index in [-0.39, 0.29) is 18.2 Å². The summed E-state index contributed by atoms with van der Waals surface area (Å²) in [4.78, 5) is 11.7. The summed E-state index contributed by atoms with van der Waals surface area (Å²) in [5.41, 5.74) is 0.750. The summed E-state index contributed by atoms with van der Waals surface area (Å²) in [5, 5.41) is 6.50. The zero-order valence-electron chi connectivity index (χ0n) is 14.7. The zero-order valence-corrected chi connectivity index (χ0v) is 14.7. The average Bonchev–Trinajstić information content (AvgIpc) is 2.43. The molecule has 2 rings (SSSR count). The number of hydrogen-bond acceptors (Lipinski definition) is 4. The molecule has 2 N–H and O–H groups in total. The number of benzene rings is 1. The topological polar surface area (TPSA) is 59.6 Å². The smallest absolute Gasteiger partial charge is 0.407 e. The Kier molecular flexibility index (Phi) is 5.52. The lowest BCUT2D eigenvalue weighted by Crippen LogP contribution is -2.53. The van der Waals surface area contributed by atoms with Crippen LogP contribution in [0.25, 0.3) is 0 Å². The van der Waals surface area contributed by atoms with Crippen LogP contribution in [0, 0.1) is 0 Å². The Morgan fingerprint density at radius 1 is 1.26 bits per heavy atom. The number of hydrogen-bond donors (Lipinski definition) is 2. The maximum Gasteiger partial charge on any atom is 0.407 e. The van der Waals surface area contributed by atoms with Gasteiger partial charge in [-0.05, 0) is 58.2 Å². The van der Waals surface area contributed by atoms with E-state index in [1.165, 1.54) is 5.56 Å². The van der Waals surface area contributed by atoms with Gasteiger partial charge in [-0.25, -0.2) is 4.79 Å². The highest BCUT2D eigenvalue weighted by Crippen LogP contribution is 2.25. The molecule has 0 unspecified atom stereocenters. The van der Waals surface area contributed by atoms with Gasteiger partial charge in [-0.15, -0.1) is 0 Å². The summed E-state index contributed by atoms with van der Waals surface area (Å²) < 4.78 is 10.5. The second-order valence-electron chi connectivity index (χ2n) is 7.18. The Balaban J connectivity index is 1.74. The number of rotatable bonds is 5. The number of methoxy groups -OCH3 is 1. The van der Waals surface area contributed by atoms with Gasteiger partial charge in [-0.3, -0.25) is 0 Å². The lowest BCUT2D eigenvalue weighted by molar-refractivity contribution is 0.0463. The van der Waals surface area contributed by atoms with Gasteiger partial charge >= 0.3 is 6.09 Å². The van der Waals surface area contributed by atoms with Crippen molar-refractivity contribution in [3.05, 3.63) is 29.8 Å². The molecular weight excluding hydrogens is 292 g/mol. The molecule has 1 amide bonds. The Morgan fingerprint density at radius 2 is 1.96 bits per heavy atom. The first-order valence-corrected chi connectivity index (χ1v) is 8.16. The third-order valence-electron chi connectivity index (χ3n) is 3.94. The van der Waals surface area contributed by atoms with Crippen molar-refractivity contribution in [1.82, 2.24) is 10.6 Å². The van der Waals surface area contributed by atoms with Crippen LogP contribution in [0.4, 0.5) is 4.79 Å². The molecule has 0 aliphatic heterocycles. The molecule has 0 spiro atoms. The SMILES string of the molecule is COc1cccc([C@H](C)NC2CC(NC(=O)OC(C)(C)C)C2)c1. The second-order valence-corrected chi connectivity index (χ2v) is 7.18. The van der Waals surface area contributed by atoms with Gasteiger partial charge in [0.25, 0.3) is 0 Å². The fourth-order valence-electron chi connectivity index (χ4n) is 2.71. The van der Waals surface area contributed by atoms with Crippen molar-refractivity contribution < 1.29 is 14.3 Å². The van der Waals surface area contributed by atoms with Gasteiger partial charge in [0.1, 0.15) is 11.4 Å². The zero-order chi connectivity index (χ0) is 17.0. The minimum absolute atomic E-state index is 0.194. The number of ether oxygens (including phenoxy) is 2. The molecule has 128 valence electrons. The standard InChI is InChI=1S/C18H28N2O3/c1-12(13-7-6-8-16(9-13)22-5)19-14-10-15(11-14)20-17(21)23-18(2,3)4/h6-9,12,14-15,19H,10-11H2,1-5H3,(H,20,21)/t12-,14?,15?/m0/s1. The van der Waals surface area contributed by atoms with E-state index < -0.39 is 5.60 Å². The molecule has 1 atom stereocenters. The van der Waals surface area contributed by atoms with Crippen LogP contribution in [0.1, 0.15) is 52.1 Å². The van der Waals surface area contributed by atoms with E-state index in [2.05, 4.69) is 23.6 Å². The van der Waals surface area contributed by atoms with Crippen LogP contribution < -0.4 is 15.4 Å². The first kappa shape index (κ1) is 17.6. The first-order valence-electron chi connectivity index (χ1n) is 8.16. The van der Waals surface area contributed by atoms with E-state index in [9.17, 15) is 4.79 Å². The molecule has 1 saturated carbocycles. The highest BCUT2D eigenvalue weighted by molar-refractivity contribution is 5.68. The summed E-state index contributed by atoms with van der Waals surface area (Å²) in [6.45, 7) is 7.75. The third kappa shape index (κ3) is 5.43. The summed E-state index contributed by atoms with van der Waals surface area (Å²) in [6.07, 6.45) is 1.52. The van der Waals surface area contributed by atoms with Crippen LogP contribution in [0.3, 0.4) is 0 Å². The van der Waals surface area contributed by atoms with Crippen LogP contribution >= 0.6 is 0 Å². The van der Waals surface area contributed by atoms with Gasteiger partial charge in [0.05, 0.1) is 7.11 Å². The predicted molar refractivity (Wildman–Crippen MR) is 90.7 cm³/mol. The van der Waals surface area contributed by atoms with Crippen molar-refractivity contribution in [2.75, 3.05) is 7.11 Å². The number of amides is 1. The van der Waals surface area contributed by atoms with Gasteiger partial charge in [0.15, 0.2) is 0 Å². The van der Waals surface area contributed by atoms with Crippen LogP contribution in [-0.4, -0.2) is 30.9 Å². The Morgan fingerprint density at radius 3 is 2.57 bits per heavy atom. The molecule has 1 aliphatic carbocycles. The third-order valence-corrected chi connectivity index (χ3v) is 3.94. The minimum atomic E-state index is -0.452. The molecule has 0 bridgehead atoms. The quantitative estimate of drug-likeness (QED) is 0.873. The van der Waals surface area contributed by atoms with Gasteiger partial charge in [0, 0.05) is 18.1 Å². The van der Waals surface area contributed by atoms with Gasteiger partial charge in [0.2, 0.25) is 0 Å². The monoisotopic (exact) mass is 320 g/mol. The van der Waals surface area contributed by atoms with E-state index in [4.69, 9.17) is 9.47 Å². The molecular formula is C18H28N2O3. The molecule has 5 nitrogen and oxygen atoms in total. The van der Waals surface area contributed by atoms with Crippen molar-refractivity contribution in [1.29, 1.82) is 0 Å². The van der Waals surface area contributed by atoms with Crippen molar-refractivity contribution in [3.8, 4) is 5.75 Å². The van der Waals surface area contributed by atoms with E-state index in [0.717, 1.165) is 18.6 Å². The molecule has 1 aromatic carbocycles. The Hall–Kier alpha value is -1.75. The highest BCUT2D eigenvalue weighted by Gasteiger charge is 2.32. The van der Waals surface area contributed by atoms with Crippen LogP contribution in [0.2, 0.25) is 0 Å². The molecule has 0 radical (unpaired) electrons. The maximum absolute atomic E-state index is 11.7. The van der Waals surface area contributed by atoms with Crippen molar-refractivity contribution >= 4 is 6.09 Å². The normalized spacial score (nSPS) is 22.0. The van der Waals surface area contributed by atoms with Crippen molar-refractivity contribution in [2.45, 2.75) is 64.3 Å². The average molecular weight is 320 g/mol. The summed E-state index contributed by atoms with van der Waals surface area (Å²) >= 11 is 0. The second kappa shape index (κ2) is 7.21. The van der Waals surface area contributed by atoms with Crippen molar-refractivity contribution in [2.24, 2.45) is 0 Å². The molecule has 1 fully saturated rings. The number of carbonyl (C=O) groups excluding carboxylic acids is 1. The summed E-state index contributed by atoms with van der Waals surface area (Å²) in [6, 6.07) is 8.94. The Labute approximate surface area is 138 Å². The summed E-state index contributed by atoms with van der Waals surface area (Å²) in [5.74, 6) is 0.870. The van der Waals surface area contributed by atoms with Crippen LogP contribution in [-0.2, 0) is 4.74 Å². The van der Waals surface area contributed by atoms with Crippen LogP contribution in [0.5, 0.6) is 5.75 Å². The minimum Gasteiger partial charge on any atom is -0.497 e. The van der Waals surface area contributed by atoms with E-state index in [1.54, 1.807) is 7.11 Å². The van der Waals surface area contributed by atoms with Gasteiger partial charge < -0.3 is 20.1 Å². The first-order chi connectivity index (χ1) is 10.8. The number of nitrogens with one attached hydrogen (secondary N) is 2. The molecule has 1 aliphatic rings. The fraction of sp³-hybridized carbons (Fsp3) is 0.611. The van der Waals surface area contributed by atoms with Crippen LogP contribution in [0.15, 0.2) is 24.3 Å². The fourth-order valence-corrected chi connectivity index (χ4v) is 2.71. The molecule has 0 heterocycles. The van der Waals surface area contributed by atoms with Crippen molar-refractivity contribution in [3.63, 3.8) is 0 Å². The largest absolute Gasteiger partial charge is 0.497 e. The molecule has 0 saturated heterocycles. The highest BCUT2D eigenvalue weighted by atomic mass is 16.6.